The fraction of sp³-hybridized carbons (Fsp3) is 0.389. The van der Waals surface area contributed by atoms with Crippen molar-refractivity contribution >= 4 is 11.8 Å². The van der Waals surface area contributed by atoms with Crippen LogP contribution < -0.4 is 14.8 Å². The van der Waals surface area contributed by atoms with Crippen molar-refractivity contribution in [2.75, 3.05) is 18.4 Å². The number of nitrogens with one attached hydrogen (secondary N) is 1. The lowest BCUT2D eigenvalue weighted by Gasteiger charge is -2.19. The highest BCUT2D eigenvalue weighted by Crippen LogP contribution is 2.24. The summed E-state index contributed by atoms with van der Waals surface area (Å²) < 4.78 is 11.6. The minimum atomic E-state index is -0.201. The van der Waals surface area contributed by atoms with E-state index < -0.39 is 0 Å². The van der Waals surface area contributed by atoms with Crippen molar-refractivity contribution in [2.45, 2.75) is 32.5 Å². The van der Waals surface area contributed by atoms with Crippen LogP contribution in [-0.2, 0) is 0 Å². The van der Waals surface area contributed by atoms with Gasteiger partial charge in [0.2, 0.25) is 0 Å². The van der Waals surface area contributed by atoms with Gasteiger partial charge in [-0.15, -0.1) is 0 Å². The van der Waals surface area contributed by atoms with Gasteiger partial charge in [-0.3, -0.25) is 10.3 Å². The van der Waals surface area contributed by atoms with Crippen LogP contribution in [0.15, 0.2) is 42.9 Å². The lowest BCUT2D eigenvalue weighted by molar-refractivity contribution is 0.194. The lowest BCUT2D eigenvalue weighted by atomic mass is 10.3. The van der Waals surface area contributed by atoms with Crippen molar-refractivity contribution in [1.29, 1.82) is 0 Å². The first kappa shape index (κ1) is 17.0. The molecule has 3 rings (SSSR count). The zero-order chi connectivity index (χ0) is 17.6. The number of amides is 2. The summed E-state index contributed by atoms with van der Waals surface area (Å²) in [4.78, 5) is 22.4. The second kappa shape index (κ2) is 7.83. The maximum Gasteiger partial charge on any atom is 0.323 e. The Morgan fingerprint density at radius 1 is 1.28 bits per heavy atom. The Kier molecular flexibility index (Phi) is 5.33. The molecule has 7 heteroatoms. The van der Waals surface area contributed by atoms with Crippen LogP contribution in [0.1, 0.15) is 20.3 Å². The topological polar surface area (TPSA) is 76.6 Å². The molecule has 132 valence electrons. The number of ether oxygens (including phenoxy) is 2. The Balaban J connectivity index is 1.58. The van der Waals surface area contributed by atoms with Crippen molar-refractivity contribution in [3.63, 3.8) is 0 Å². The normalized spacial score (nSPS) is 16.8. The van der Waals surface area contributed by atoms with Gasteiger partial charge in [-0.2, -0.15) is 0 Å². The average Bonchev–Trinajstić information content (AvgIpc) is 3.06. The predicted octanol–water partition coefficient (Wildman–Crippen LogP) is 2.95. The van der Waals surface area contributed by atoms with Crippen LogP contribution in [0.4, 0.5) is 10.6 Å². The number of likely N-dealkylation sites (tertiary alicyclic amines) is 1. The molecule has 0 saturated carbocycles. The second-order valence-corrected chi connectivity index (χ2v) is 6.10. The molecule has 1 aliphatic heterocycles. The minimum absolute atomic E-state index is 0.00443. The van der Waals surface area contributed by atoms with E-state index in [-0.39, 0.29) is 18.2 Å². The van der Waals surface area contributed by atoms with E-state index in [1.807, 2.05) is 26.0 Å². The summed E-state index contributed by atoms with van der Waals surface area (Å²) in [5, 5.41) is 2.83. The summed E-state index contributed by atoms with van der Waals surface area (Å²) in [6.07, 6.45) is 5.77. The van der Waals surface area contributed by atoms with Gasteiger partial charge in [0.25, 0.3) is 0 Å². The van der Waals surface area contributed by atoms with Gasteiger partial charge in [0, 0.05) is 31.6 Å². The van der Waals surface area contributed by atoms with Crippen LogP contribution >= 0.6 is 0 Å². The molecule has 1 atom stereocenters. The van der Waals surface area contributed by atoms with E-state index in [0.29, 0.717) is 24.7 Å². The highest BCUT2D eigenvalue weighted by Gasteiger charge is 2.28. The molecule has 1 aliphatic rings. The first-order valence-electron chi connectivity index (χ1n) is 8.36. The van der Waals surface area contributed by atoms with Crippen molar-refractivity contribution in [1.82, 2.24) is 14.9 Å². The standard InChI is InChI=1S/C18H22N4O3/c1-13(2)24-16-4-3-8-20-17(16)21-18(23)22-11-7-15(12-22)25-14-5-9-19-10-6-14/h3-6,8-10,13,15H,7,11-12H2,1-2H3,(H,20,21,23)/t15-/m0/s1. The van der Waals surface area contributed by atoms with E-state index in [2.05, 4.69) is 15.3 Å². The Morgan fingerprint density at radius 3 is 2.84 bits per heavy atom. The number of pyridine rings is 2. The molecule has 0 unspecified atom stereocenters. The summed E-state index contributed by atoms with van der Waals surface area (Å²) in [5.74, 6) is 1.76. The smallest absolute Gasteiger partial charge is 0.323 e. The van der Waals surface area contributed by atoms with Crippen LogP contribution in [-0.4, -0.2) is 46.2 Å². The van der Waals surface area contributed by atoms with Gasteiger partial charge in [-0.25, -0.2) is 9.78 Å². The van der Waals surface area contributed by atoms with Crippen LogP contribution in [0.5, 0.6) is 11.5 Å². The first-order valence-corrected chi connectivity index (χ1v) is 8.36. The number of urea groups is 1. The van der Waals surface area contributed by atoms with E-state index in [9.17, 15) is 4.79 Å². The number of rotatable bonds is 5. The zero-order valence-electron chi connectivity index (χ0n) is 14.4. The number of nitrogens with zero attached hydrogens (tertiary/aromatic N) is 3. The molecule has 2 aromatic rings. The third-order valence-electron chi connectivity index (χ3n) is 3.74. The van der Waals surface area contributed by atoms with E-state index in [0.717, 1.165) is 12.2 Å². The number of aromatic nitrogens is 2. The SMILES string of the molecule is CC(C)Oc1cccnc1NC(=O)N1CC[C@H](Oc2ccncc2)C1. The van der Waals surface area contributed by atoms with Gasteiger partial charge in [0.1, 0.15) is 11.9 Å². The number of hydrogen-bond acceptors (Lipinski definition) is 5. The van der Waals surface area contributed by atoms with Crippen LogP contribution in [0, 0.1) is 0 Å². The third kappa shape index (κ3) is 4.59. The highest BCUT2D eigenvalue weighted by molar-refractivity contribution is 5.89. The summed E-state index contributed by atoms with van der Waals surface area (Å²) in [6.45, 7) is 5.02. The van der Waals surface area contributed by atoms with Gasteiger partial charge in [0.05, 0.1) is 12.6 Å². The molecule has 7 nitrogen and oxygen atoms in total. The van der Waals surface area contributed by atoms with Crippen molar-refractivity contribution in [3.8, 4) is 11.5 Å². The fourth-order valence-corrected chi connectivity index (χ4v) is 2.63. The molecule has 0 radical (unpaired) electrons. The Labute approximate surface area is 147 Å². The van der Waals surface area contributed by atoms with Gasteiger partial charge < -0.3 is 14.4 Å². The molecule has 3 heterocycles. The molecule has 0 aliphatic carbocycles. The lowest BCUT2D eigenvalue weighted by Crippen LogP contribution is -2.35. The average molecular weight is 342 g/mol. The largest absolute Gasteiger partial charge is 0.488 e. The second-order valence-electron chi connectivity index (χ2n) is 6.10. The molecule has 1 fully saturated rings. The van der Waals surface area contributed by atoms with Crippen LogP contribution in [0.3, 0.4) is 0 Å². The number of carbonyl (C=O) groups excluding carboxylic acids is 1. The number of anilines is 1. The maximum atomic E-state index is 12.5. The summed E-state index contributed by atoms with van der Waals surface area (Å²) in [6, 6.07) is 7.00. The molecule has 2 aromatic heterocycles. The van der Waals surface area contributed by atoms with Crippen molar-refractivity contribution in [3.05, 3.63) is 42.9 Å². The van der Waals surface area contributed by atoms with Crippen LogP contribution in [0.25, 0.3) is 0 Å². The van der Waals surface area contributed by atoms with Crippen molar-refractivity contribution < 1.29 is 14.3 Å². The van der Waals surface area contributed by atoms with Gasteiger partial charge >= 0.3 is 6.03 Å². The molecule has 25 heavy (non-hydrogen) atoms. The van der Waals surface area contributed by atoms with Gasteiger partial charge in [-0.05, 0) is 38.1 Å². The van der Waals surface area contributed by atoms with Gasteiger partial charge in [-0.1, -0.05) is 0 Å². The van der Waals surface area contributed by atoms with E-state index in [4.69, 9.17) is 9.47 Å². The Hall–Kier alpha value is -2.83. The van der Waals surface area contributed by atoms with E-state index >= 15 is 0 Å². The summed E-state index contributed by atoms with van der Waals surface area (Å²) in [5.41, 5.74) is 0. The Morgan fingerprint density at radius 2 is 2.08 bits per heavy atom. The summed E-state index contributed by atoms with van der Waals surface area (Å²) in [7, 11) is 0. The predicted molar refractivity (Wildman–Crippen MR) is 93.9 cm³/mol. The molecule has 1 N–H and O–H groups in total. The first-order chi connectivity index (χ1) is 12.1. The van der Waals surface area contributed by atoms with Gasteiger partial charge in [0.15, 0.2) is 11.6 Å². The quantitative estimate of drug-likeness (QED) is 0.904. The van der Waals surface area contributed by atoms with E-state index in [1.165, 1.54) is 0 Å². The van der Waals surface area contributed by atoms with Crippen LogP contribution in [0.2, 0.25) is 0 Å². The third-order valence-corrected chi connectivity index (χ3v) is 3.74. The van der Waals surface area contributed by atoms with Crippen molar-refractivity contribution in [2.24, 2.45) is 0 Å². The number of carbonyl (C=O) groups is 1. The molecule has 0 spiro atoms. The van der Waals surface area contributed by atoms with E-state index in [1.54, 1.807) is 35.6 Å². The summed E-state index contributed by atoms with van der Waals surface area (Å²) >= 11 is 0. The Bertz CT molecular complexity index is 708. The number of hydrogen-bond donors (Lipinski definition) is 1. The molecule has 0 aromatic carbocycles. The monoisotopic (exact) mass is 342 g/mol. The molecule has 2 amide bonds. The maximum absolute atomic E-state index is 12.5. The molecule has 1 saturated heterocycles. The highest BCUT2D eigenvalue weighted by atomic mass is 16.5. The minimum Gasteiger partial charge on any atom is -0.488 e. The molecule has 0 bridgehead atoms. The fourth-order valence-electron chi connectivity index (χ4n) is 2.63. The molecular formula is C18H22N4O3. The zero-order valence-corrected chi connectivity index (χ0v) is 14.4. The molecular weight excluding hydrogens is 320 g/mol.